The van der Waals surface area contributed by atoms with Crippen LogP contribution < -0.4 is 9.47 Å². The fraction of sp³-hybridized carbons (Fsp3) is 0.143. The van der Waals surface area contributed by atoms with Crippen molar-refractivity contribution in [2.75, 3.05) is 7.11 Å². The number of rotatable bonds is 3. The second-order valence-corrected chi connectivity index (χ2v) is 4.70. The van der Waals surface area contributed by atoms with Crippen LogP contribution in [0, 0.1) is 18.3 Å². The number of nitriles is 1. The molecule has 1 aromatic carbocycles. The number of methoxy groups -OCH3 is 1. The predicted molar refractivity (Wildman–Crippen MR) is 74.5 cm³/mol. The first-order valence-corrected chi connectivity index (χ1v) is 6.32. The first-order chi connectivity index (χ1) is 9.12. The predicted octanol–water partition coefficient (Wildman–Crippen LogP) is 3.83. The van der Waals surface area contributed by atoms with Crippen LogP contribution in [-0.4, -0.2) is 12.1 Å². The lowest BCUT2D eigenvalue weighted by Gasteiger charge is -2.09. The number of ether oxygens (including phenoxy) is 2. The molecule has 1 aromatic heterocycles. The molecule has 0 aliphatic rings. The molecule has 4 nitrogen and oxygen atoms in total. The standard InChI is InChI=1S/C14H11BrN2O2/c1-9-5-10(8-16)6-14(17-9)19-13-4-3-11(18-2)7-12(13)15/h3-7H,1-2H3. The van der Waals surface area contributed by atoms with E-state index < -0.39 is 0 Å². The van der Waals surface area contributed by atoms with Crippen molar-refractivity contribution in [3.05, 3.63) is 46.1 Å². The Morgan fingerprint density at radius 2 is 2.05 bits per heavy atom. The van der Waals surface area contributed by atoms with E-state index in [2.05, 4.69) is 27.0 Å². The Bertz CT molecular complexity index is 650. The number of hydrogen-bond donors (Lipinski definition) is 0. The Labute approximate surface area is 119 Å². The van der Waals surface area contributed by atoms with Crippen molar-refractivity contribution >= 4 is 15.9 Å². The summed E-state index contributed by atoms with van der Waals surface area (Å²) >= 11 is 3.40. The highest BCUT2D eigenvalue weighted by atomic mass is 79.9. The highest BCUT2D eigenvalue weighted by Crippen LogP contribution is 2.32. The van der Waals surface area contributed by atoms with Gasteiger partial charge in [0.1, 0.15) is 11.5 Å². The van der Waals surface area contributed by atoms with Crippen molar-refractivity contribution in [2.24, 2.45) is 0 Å². The van der Waals surface area contributed by atoms with E-state index in [0.717, 1.165) is 15.9 Å². The molecule has 19 heavy (non-hydrogen) atoms. The number of hydrogen-bond acceptors (Lipinski definition) is 4. The maximum Gasteiger partial charge on any atom is 0.220 e. The van der Waals surface area contributed by atoms with Crippen LogP contribution in [0.25, 0.3) is 0 Å². The molecule has 2 rings (SSSR count). The Morgan fingerprint density at radius 1 is 1.26 bits per heavy atom. The molecule has 0 fully saturated rings. The van der Waals surface area contributed by atoms with E-state index in [9.17, 15) is 0 Å². The van der Waals surface area contributed by atoms with E-state index in [1.807, 2.05) is 6.92 Å². The molecule has 0 unspecified atom stereocenters. The minimum Gasteiger partial charge on any atom is -0.497 e. The summed E-state index contributed by atoms with van der Waals surface area (Å²) in [6.45, 7) is 1.82. The molecule has 0 amide bonds. The van der Waals surface area contributed by atoms with E-state index in [-0.39, 0.29) is 0 Å². The van der Waals surface area contributed by atoms with Gasteiger partial charge in [-0.05, 0) is 47.1 Å². The molecule has 96 valence electrons. The fourth-order valence-electron chi connectivity index (χ4n) is 1.56. The third-order valence-corrected chi connectivity index (χ3v) is 3.03. The molecular weight excluding hydrogens is 308 g/mol. The number of benzene rings is 1. The topological polar surface area (TPSA) is 55.1 Å². The molecule has 0 atom stereocenters. The van der Waals surface area contributed by atoms with Crippen molar-refractivity contribution in [2.45, 2.75) is 6.92 Å². The van der Waals surface area contributed by atoms with Gasteiger partial charge in [-0.2, -0.15) is 5.26 Å². The van der Waals surface area contributed by atoms with E-state index in [4.69, 9.17) is 14.7 Å². The lowest BCUT2D eigenvalue weighted by molar-refractivity contribution is 0.411. The van der Waals surface area contributed by atoms with Crippen molar-refractivity contribution in [1.29, 1.82) is 5.26 Å². The van der Waals surface area contributed by atoms with Gasteiger partial charge in [0.25, 0.3) is 0 Å². The monoisotopic (exact) mass is 318 g/mol. The van der Waals surface area contributed by atoms with Crippen LogP contribution in [0.2, 0.25) is 0 Å². The zero-order valence-electron chi connectivity index (χ0n) is 10.5. The fourth-order valence-corrected chi connectivity index (χ4v) is 2.00. The highest BCUT2D eigenvalue weighted by Gasteiger charge is 2.07. The van der Waals surface area contributed by atoms with Gasteiger partial charge in [0, 0.05) is 11.8 Å². The largest absolute Gasteiger partial charge is 0.497 e. The number of halogens is 1. The van der Waals surface area contributed by atoms with E-state index >= 15 is 0 Å². The first-order valence-electron chi connectivity index (χ1n) is 5.52. The molecule has 1 heterocycles. The van der Waals surface area contributed by atoms with E-state index in [0.29, 0.717) is 17.2 Å². The highest BCUT2D eigenvalue weighted by molar-refractivity contribution is 9.10. The molecule has 0 aliphatic carbocycles. The van der Waals surface area contributed by atoms with Crippen LogP contribution in [0.1, 0.15) is 11.3 Å². The lowest BCUT2D eigenvalue weighted by atomic mass is 10.2. The number of aryl methyl sites for hydroxylation is 1. The van der Waals surface area contributed by atoms with Crippen LogP contribution in [0.15, 0.2) is 34.8 Å². The van der Waals surface area contributed by atoms with Gasteiger partial charge in [0.15, 0.2) is 0 Å². The average molecular weight is 319 g/mol. The molecule has 0 radical (unpaired) electrons. The third-order valence-electron chi connectivity index (χ3n) is 2.41. The van der Waals surface area contributed by atoms with Crippen molar-refractivity contribution < 1.29 is 9.47 Å². The van der Waals surface area contributed by atoms with Gasteiger partial charge < -0.3 is 9.47 Å². The molecule has 0 spiro atoms. The lowest BCUT2D eigenvalue weighted by Crippen LogP contribution is -1.93. The molecule has 2 aromatic rings. The van der Waals surface area contributed by atoms with E-state index in [1.165, 1.54) is 0 Å². The summed E-state index contributed by atoms with van der Waals surface area (Å²) in [5, 5.41) is 8.92. The minimum atomic E-state index is 0.391. The molecule has 0 saturated heterocycles. The SMILES string of the molecule is COc1ccc(Oc2cc(C#N)cc(C)n2)c(Br)c1. The molecule has 5 heteroatoms. The Hall–Kier alpha value is -2.06. The smallest absolute Gasteiger partial charge is 0.220 e. The van der Waals surface area contributed by atoms with Gasteiger partial charge in [-0.3, -0.25) is 0 Å². The maximum absolute atomic E-state index is 8.92. The molecular formula is C14H11BrN2O2. The number of nitrogens with zero attached hydrogens (tertiary/aromatic N) is 2. The summed E-state index contributed by atoms with van der Waals surface area (Å²) in [5.41, 5.74) is 1.26. The van der Waals surface area contributed by atoms with Crippen LogP contribution in [0.4, 0.5) is 0 Å². The summed E-state index contributed by atoms with van der Waals surface area (Å²) in [7, 11) is 1.60. The van der Waals surface area contributed by atoms with Crippen molar-refractivity contribution in [3.63, 3.8) is 0 Å². The zero-order chi connectivity index (χ0) is 13.8. The van der Waals surface area contributed by atoms with E-state index in [1.54, 1.807) is 37.4 Å². The van der Waals surface area contributed by atoms with Crippen LogP contribution in [0.3, 0.4) is 0 Å². The van der Waals surface area contributed by atoms with Gasteiger partial charge >= 0.3 is 0 Å². The molecule has 0 N–H and O–H groups in total. The van der Waals surface area contributed by atoms with Crippen LogP contribution in [0.5, 0.6) is 17.4 Å². The maximum atomic E-state index is 8.92. The summed E-state index contributed by atoms with van der Waals surface area (Å²) in [6, 6.07) is 10.8. The van der Waals surface area contributed by atoms with Crippen molar-refractivity contribution in [1.82, 2.24) is 4.98 Å². The summed E-state index contributed by atoms with van der Waals surface area (Å²) in [5.74, 6) is 1.74. The van der Waals surface area contributed by atoms with Gasteiger partial charge in [0.2, 0.25) is 5.88 Å². The van der Waals surface area contributed by atoms with Crippen LogP contribution in [-0.2, 0) is 0 Å². The first kappa shape index (κ1) is 13.4. The number of aromatic nitrogens is 1. The third kappa shape index (κ3) is 3.24. The van der Waals surface area contributed by atoms with Gasteiger partial charge in [-0.15, -0.1) is 0 Å². The summed E-state index contributed by atoms with van der Waals surface area (Å²) in [4.78, 5) is 4.24. The summed E-state index contributed by atoms with van der Waals surface area (Å²) < 4.78 is 11.5. The van der Waals surface area contributed by atoms with Gasteiger partial charge in [-0.25, -0.2) is 4.98 Å². The Balaban J connectivity index is 2.31. The van der Waals surface area contributed by atoms with Gasteiger partial charge in [0.05, 0.1) is 23.2 Å². The quantitative estimate of drug-likeness (QED) is 0.863. The minimum absolute atomic E-state index is 0.391. The summed E-state index contributed by atoms with van der Waals surface area (Å²) in [6.07, 6.45) is 0. The molecule has 0 bridgehead atoms. The normalized spacial score (nSPS) is 9.79. The van der Waals surface area contributed by atoms with Crippen molar-refractivity contribution in [3.8, 4) is 23.4 Å². The Kier molecular flexibility index (Phi) is 4.03. The molecule has 0 saturated carbocycles. The second kappa shape index (κ2) is 5.72. The van der Waals surface area contributed by atoms with Gasteiger partial charge in [-0.1, -0.05) is 0 Å². The van der Waals surface area contributed by atoms with Crippen LogP contribution >= 0.6 is 15.9 Å². The number of pyridine rings is 1. The average Bonchev–Trinajstić information content (AvgIpc) is 2.40. The second-order valence-electron chi connectivity index (χ2n) is 3.85. The Morgan fingerprint density at radius 3 is 2.68 bits per heavy atom. The molecule has 0 aliphatic heterocycles. The zero-order valence-corrected chi connectivity index (χ0v) is 12.1.